The topological polar surface area (TPSA) is 72.9 Å². The van der Waals surface area contributed by atoms with Crippen molar-refractivity contribution in [2.24, 2.45) is 7.05 Å². The largest absolute Gasteiger partial charge is 0.478 e. The van der Waals surface area contributed by atoms with Crippen LogP contribution in [0.1, 0.15) is 28.8 Å². The van der Waals surface area contributed by atoms with Crippen LogP contribution in [0.3, 0.4) is 0 Å². The first-order valence-corrected chi connectivity index (χ1v) is 6.77. The van der Waals surface area contributed by atoms with E-state index in [1.807, 2.05) is 37.7 Å². The summed E-state index contributed by atoms with van der Waals surface area (Å²) >= 11 is 0. The van der Waals surface area contributed by atoms with Gasteiger partial charge >= 0.3 is 5.97 Å². The zero-order valence-corrected chi connectivity index (χ0v) is 12.2. The Morgan fingerprint density at radius 1 is 1.38 bits per heavy atom. The van der Waals surface area contributed by atoms with Gasteiger partial charge in [-0.15, -0.1) is 0 Å². The summed E-state index contributed by atoms with van der Waals surface area (Å²) in [6.45, 7) is 3.94. The van der Waals surface area contributed by atoms with Crippen LogP contribution in [0, 0.1) is 6.92 Å². The summed E-state index contributed by atoms with van der Waals surface area (Å²) in [6.07, 6.45) is 2.63. The average molecular weight is 284 g/mol. The van der Waals surface area contributed by atoms with Crippen LogP contribution in [-0.2, 0) is 13.5 Å². The van der Waals surface area contributed by atoms with E-state index in [-0.39, 0.29) is 5.56 Å². The zero-order chi connectivity index (χ0) is 15.1. The summed E-state index contributed by atoms with van der Waals surface area (Å²) in [4.78, 5) is 15.9. The van der Waals surface area contributed by atoms with Gasteiger partial charge in [0, 0.05) is 19.7 Å². The van der Waals surface area contributed by atoms with E-state index in [1.54, 1.807) is 16.8 Å². The van der Waals surface area contributed by atoms with Gasteiger partial charge in [-0.2, -0.15) is 5.10 Å². The van der Waals surface area contributed by atoms with E-state index in [1.165, 1.54) is 0 Å². The Labute approximate surface area is 121 Å². The fourth-order valence-corrected chi connectivity index (χ4v) is 2.63. The molecule has 2 heterocycles. The van der Waals surface area contributed by atoms with Crippen molar-refractivity contribution in [2.45, 2.75) is 20.3 Å². The van der Waals surface area contributed by atoms with Crippen LogP contribution in [0.5, 0.6) is 0 Å². The molecule has 0 fully saturated rings. The molecule has 108 valence electrons. The minimum atomic E-state index is -0.962. The van der Waals surface area contributed by atoms with Crippen molar-refractivity contribution in [1.29, 1.82) is 0 Å². The lowest BCUT2D eigenvalue weighted by Gasteiger charge is -2.06. The third-order valence-corrected chi connectivity index (χ3v) is 3.53. The highest BCUT2D eigenvalue weighted by molar-refractivity contribution is 6.01. The number of benzene rings is 1. The molecule has 21 heavy (non-hydrogen) atoms. The third kappa shape index (κ3) is 1.99. The molecule has 0 amide bonds. The fourth-order valence-electron chi connectivity index (χ4n) is 2.63. The Balaban J connectivity index is 2.39. The maximum atomic E-state index is 11.4. The number of para-hydroxylation sites is 1. The number of rotatable bonds is 3. The molecule has 0 saturated heterocycles. The van der Waals surface area contributed by atoms with Gasteiger partial charge in [-0.25, -0.2) is 9.78 Å². The summed E-state index contributed by atoms with van der Waals surface area (Å²) in [7, 11) is 1.86. The molecule has 3 aromatic rings. The van der Waals surface area contributed by atoms with Crippen molar-refractivity contribution in [1.82, 2.24) is 19.3 Å². The van der Waals surface area contributed by atoms with Gasteiger partial charge in [0.1, 0.15) is 11.3 Å². The highest BCUT2D eigenvalue weighted by Gasteiger charge is 2.19. The summed E-state index contributed by atoms with van der Waals surface area (Å²) in [6, 6.07) is 5.22. The zero-order valence-electron chi connectivity index (χ0n) is 12.2. The Kier molecular flexibility index (Phi) is 3.01. The lowest BCUT2D eigenvalue weighted by molar-refractivity contribution is 0.0699. The molecule has 6 heteroatoms. The number of aromatic nitrogens is 4. The minimum absolute atomic E-state index is 0.225. The second-order valence-corrected chi connectivity index (χ2v) is 4.97. The summed E-state index contributed by atoms with van der Waals surface area (Å²) < 4.78 is 3.74. The maximum absolute atomic E-state index is 11.4. The number of nitrogens with zero attached hydrogens (tertiary/aromatic N) is 4. The van der Waals surface area contributed by atoms with Crippen molar-refractivity contribution in [3.05, 3.63) is 41.5 Å². The number of aromatic carboxylic acids is 1. The molecule has 0 radical (unpaired) electrons. The number of carboxylic acid groups (broad SMARTS) is 1. The third-order valence-electron chi connectivity index (χ3n) is 3.53. The van der Waals surface area contributed by atoms with E-state index >= 15 is 0 Å². The lowest BCUT2D eigenvalue weighted by Crippen LogP contribution is -2.00. The predicted octanol–water partition coefficient (Wildman–Crippen LogP) is 2.33. The van der Waals surface area contributed by atoms with Crippen molar-refractivity contribution in [2.75, 3.05) is 0 Å². The van der Waals surface area contributed by atoms with E-state index in [9.17, 15) is 9.90 Å². The van der Waals surface area contributed by atoms with Gasteiger partial charge in [-0.1, -0.05) is 13.0 Å². The molecule has 0 spiro atoms. The highest BCUT2D eigenvalue weighted by atomic mass is 16.4. The van der Waals surface area contributed by atoms with Crippen LogP contribution in [0.4, 0.5) is 0 Å². The fraction of sp³-hybridized carbons (Fsp3) is 0.267. The van der Waals surface area contributed by atoms with Crippen LogP contribution >= 0.6 is 0 Å². The van der Waals surface area contributed by atoms with E-state index in [0.29, 0.717) is 11.9 Å². The Hall–Kier alpha value is -2.63. The van der Waals surface area contributed by atoms with E-state index < -0.39 is 5.97 Å². The SMILES string of the molecule is CCc1nc2c(C(=O)O)cccc2n1-c1cn(C)nc1C. The van der Waals surface area contributed by atoms with Gasteiger partial charge in [0.25, 0.3) is 0 Å². The first-order chi connectivity index (χ1) is 10.0. The second-order valence-electron chi connectivity index (χ2n) is 4.97. The number of fused-ring (bicyclic) bond motifs is 1. The molecule has 2 aromatic heterocycles. The van der Waals surface area contributed by atoms with Crippen LogP contribution < -0.4 is 0 Å². The highest BCUT2D eigenvalue weighted by Crippen LogP contribution is 2.26. The maximum Gasteiger partial charge on any atom is 0.337 e. The molecule has 0 unspecified atom stereocenters. The van der Waals surface area contributed by atoms with Crippen molar-refractivity contribution in [3.63, 3.8) is 0 Å². The van der Waals surface area contributed by atoms with E-state index in [2.05, 4.69) is 10.1 Å². The lowest BCUT2D eigenvalue weighted by atomic mass is 10.2. The predicted molar refractivity (Wildman–Crippen MR) is 78.9 cm³/mol. The van der Waals surface area contributed by atoms with Gasteiger partial charge in [-0.05, 0) is 19.1 Å². The van der Waals surface area contributed by atoms with Crippen molar-refractivity contribution in [3.8, 4) is 5.69 Å². The van der Waals surface area contributed by atoms with Gasteiger partial charge in [0.05, 0.1) is 22.5 Å². The normalized spacial score (nSPS) is 11.2. The van der Waals surface area contributed by atoms with E-state index in [0.717, 1.165) is 22.7 Å². The minimum Gasteiger partial charge on any atom is -0.478 e. The Morgan fingerprint density at radius 3 is 2.71 bits per heavy atom. The van der Waals surface area contributed by atoms with Crippen LogP contribution in [0.15, 0.2) is 24.4 Å². The average Bonchev–Trinajstić information content (AvgIpc) is 2.97. The molecule has 1 N–H and O–H groups in total. The number of carbonyl (C=O) groups is 1. The Bertz CT molecular complexity index is 845. The summed E-state index contributed by atoms with van der Waals surface area (Å²) in [5.74, 6) is -0.134. The smallest absolute Gasteiger partial charge is 0.337 e. The number of carboxylic acids is 1. The van der Waals surface area contributed by atoms with Crippen LogP contribution in [0.25, 0.3) is 16.7 Å². The summed E-state index contributed by atoms with van der Waals surface area (Å²) in [5, 5.41) is 13.7. The van der Waals surface area contributed by atoms with Gasteiger partial charge in [-0.3, -0.25) is 9.25 Å². The molecule has 0 bridgehead atoms. The molecule has 0 saturated carbocycles. The molecule has 0 aliphatic heterocycles. The molecule has 0 atom stereocenters. The molecule has 3 rings (SSSR count). The van der Waals surface area contributed by atoms with Gasteiger partial charge in [0.2, 0.25) is 0 Å². The molecular weight excluding hydrogens is 268 g/mol. The monoisotopic (exact) mass is 284 g/mol. The molecule has 0 aliphatic carbocycles. The first-order valence-electron chi connectivity index (χ1n) is 6.77. The summed E-state index contributed by atoms with van der Waals surface area (Å²) in [5.41, 5.74) is 3.35. The molecular formula is C15H16N4O2. The van der Waals surface area contributed by atoms with Crippen molar-refractivity contribution >= 4 is 17.0 Å². The van der Waals surface area contributed by atoms with Crippen LogP contribution in [-0.4, -0.2) is 30.4 Å². The molecule has 0 aliphatic rings. The number of imidazole rings is 1. The Morgan fingerprint density at radius 2 is 2.14 bits per heavy atom. The molecule has 1 aromatic carbocycles. The number of aryl methyl sites for hydroxylation is 3. The number of hydrogen-bond acceptors (Lipinski definition) is 3. The first kappa shape index (κ1) is 13.4. The van der Waals surface area contributed by atoms with Crippen LogP contribution in [0.2, 0.25) is 0 Å². The van der Waals surface area contributed by atoms with Crippen molar-refractivity contribution < 1.29 is 9.90 Å². The molecule has 6 nitrogen and oxygen atoms in total. The standard InChI is InChI=1S/C15H16N4O2/c1-4-13-16-14-10(15(20)21)6-5-7-11(14)19(13)12-8-18(3)17-9(12)2/h5-8H,4H2,1-3H3,(H,20,21). The quantitative estimate of drug-likeness (QED) is 0.801. The number of hydrogen-bond donors (Lipinski definition) is 1. The van der Waals surface area contributed by atoms with Gasteiger partial charge < -0.3 is 5.11 Å². The second kappa shape index (κ2) is 4.73. The van der Waals surface area contributed by atoms with Gasteiger partial charge in [0.15, 0.2) is 0 Å². The van der Waals surface area contributed by atoms with E-state index in [4.69, 9.17) is 0 Å².